The highest BCUT2D eigenvalue weighted by Crippen LogP contribution is 2.33. The van der Waals surface area contributed by atoms with Crippen molar-refractivity contribution in [1.29, 1.82) is 5.26 Å². The number of nitrogens with zero attached hydrogens (tertiary/aromatic N) is 4. The summed E-state index contributed by atoms with van der Waals surface area (Å²) < 4.78 is 49.2. The molecule has 2 aliphatic heterocycles. The maximum Gasteiger partial charge on any atom is 0.309 e. The number of carboxylic acids is 1. The molecule has 9 nitrogen and oxygen atoms in total. The summed E-state index contributed by atoms with van der Waals surface area (Å²) in [5.41, 5.74) is 1.19. The first kappa shape index (κ1) is 25.5. The molecule has 0 spiro atoms. The maximum atomic E-state index is 14.0. The Morgan fingerprint density at radius 2 is 2.06 bits per heavy atom. The largest absolute Gasteiger partial charge is 0.491 e. The van der Waals surface area contributed by atoms with E-state index in [0.29, 0.717) is 23.4 Å². The van der Waals surface area contributed by atoms with Crippen molar-refractivity contribution in [3.05, 3.63) is 53.8 Å². The molecule has 1 fully saturated rings. The highest BCUT2D eigenvalue weighted by atomic mass is 32.2. The van der Waals surface area contributed by atoms with E-state index in [-0.39, 0.29) is 42.0 Å². The molecule has 11 heteroatoms. The number of hydrogen-bond donors (Lipinski definition) is 1. The average Bonchev–Trinajstić information content (AvgIpc) is 3.35. The van der Waals surface area contributed by atoms with Crippen LogP contribution in [0.5, 0.6) is 5.75 Å². The van der Waals surface area contributed by atoms with Crippen LogP contribution >= 0.6 is 0 Å². The van der Waals surface area contributed by atoms with E-state index < -0.39 is 27.9 Å². The Balaban J connectivity index is 1.63. The SMILES string of the molecule is CC(C)Oc1ccc(S(=O)(=O)N2CC(/C=[N+]3\N=C(CC(=O)O)c4ccc(F)cc43)C[C@H]2CC#N)cc1. The van der Waals surface area contributed by atoms with Gasteiger partial charge in [0, 0.05) is 23.8 Å². The summed E-state index contributed by atoms with van der Waals surface area (Å²) >= 11 is 0. The van der Waals surface area contributed by atoms with Crippen molar-refractivity contribution >= 4 is 33.6 Å². The highest BCUT2D eigenvalue weighted by molar-refractivity contribution is 7.89. The maximum absolute atomic E-state index is 14.0. The van der Waals surface area contributed by atoms with Crippen LogP contribution in [-0.2, 0) is 14.8 Å². The molecule has 4 rings (SSSR count). The molecular formula is C25H26FN4O5S+. The highest BCUT2D eigenvalue weighted by Gasteiger charge is 2.42. The van der Waals surface area contributed by atoms with Crippen molar-refractivity contribution in [2.24, 2.45) is 11.0 Å². The summed E-state index contributed by atoms with van der Waals surface area (Å²) in [7, 11) is -3.90. The van der Waals surface area contributed by atoms with Crippen LogP contribution < -0.4 is 4.74 Å². The molecule has 0 amide bonds. The fourth-order valence-electron chi connectivity index (χ4n) is 4.48. The van der Waals surface area contributed by atoms with Gasteiger partial charge in [-0.2, -0.15) is 9.57 Å². The van der Waals surface area contributed by atoms with Crippen molar-refractivity contribution in [3.8, 4) is 11.8 Å². The number of rotatable bonds is 8. The zero-order valence-corrected chi connectivity index (χ0v) is 20.7. The molecule has 0 radical (unpaired) electrons. The van der Waals surface area contributed by atoms with Gasteiger partial charge in [-0.15, -0.1) is 0 Å². The Kier molecular flexibility index (Phi) is 7.19. The van der Waals surface area contributed by atoms with Crippen molar-refractivity contribution < 1.29 is 32.1 Å². The fourth-order valence-corrected chi connectivity index (χ4v) is 6.17. The summed E-state index contributed by atoms with van der Waals surface area (Å²) in [4.78, 5) is 11.4. The monoisotopic (exact) mass is 513 g/mol. The number of carboxylic acid groups (broad SMARTS) is 1. The molecule has 0 saturated carbocycles. The van der Waals surface area contributed by atoms with Gasteiger partial charge in [-0.25, -0.2) is 12.8 Å². The van der Waals surface area contributed by atoms with Gasteiger partial charge in [-0.3, -0.25) is 4.79 Å². The Morgan fingerprint density at radius 1 is 1.33 bits per heavy atom. The number of hydrazone groups is 1. The van der Waals surface area contributed by atoms with Crippen molar-refractivity contribution in [2.75, 3.05) is 6.54 Å². The lowest BCUT2D eigenvalue weighted by molar-refractivity contribution is -0.438. The van der Waals surface area contributed by atoms with Gasteiger partial charge in [-0.05, 0) is 56.7 Å². The second-order valence-electron chi connectivity index (χ2n) is 9.00. The number of benzene rings is 2. The molecule has 1 N–H and O–H groups in total. The molecule has 1 unspecified atom stereocenters. The zero-order valence-electron chi connectivity index (χ0n) is 19.8. The van der Waals surface area contributed by atoms with Gasteiger partial charge in [0.1, 0.15) is 17.3 Å². The molecule has 2 atom stereocenters. The fraction of sp³-hybridized carbons (Fsp3) is 0.360. The number of sulfonamides is 1. The number of aliphatic carboxylic acids is 1. The lowest BCUT2D eigenvalue weighted by Gasteiger charge is -2.22. The first-order valence-corrected chi connectivity index (χ1v) is 12.9. The van der Waals surface area contributed by atoms with E-state index in [0.717, 1.165) is 0 Å². The van der Waals surface area contributed by atoms with E-state index in [1.54, 1.807) is 18.3 Å². The van der Waals surface area contributed by atoms with Crippen LogP contribution in [0, 0.1) is 23.1 Å². The summed E-state index contributed by atoms with van der Waals surface area (Å²) in [5.74, 6) is -1.34. The Hall–Kier alpha value is -3.62. The number of fused-ring (bicyclic) bond motifs is 1. The molecule has 1 saturated heterocycles. The Morgan fingerprint density at radius 3 is 2.69 bits per heavy atom. The Labute approximate surface area is 208 Å². The predicted octanol–water partition coefficient (Wildman–Crippen LogP) is 3.51. The number of ether oxygens (including phenoxy) is 1. The first-order valence-electron chi connectivity index (χ1n) is 11.5. The summed E-state index contributed by atoms with van der Waals surface area (Å²) in [6, 6.07) is 11.7. The van der Waals surface area contributed by atoms with Crippen LogP contribution in [0.15, 0.2) is 52.5 Å². The molecule has 0 bridgehead atoms. The summed E-state index contributed by atoms with van der Waals surface area (Å²) in [6.45, 7) is 3.85. The summed E-state index contributed by atoms with van der Waals surface area (Å²) in [6.07, 6.45) is 1.67. The second kappa shape index (κ2) is 10.2. The molecule has 0 aliphatic carbocycles. The molecule has 0 aromatic heterocycles. The third-order valence-corrected chi connectivity index (χ3v) is 7.87. The molecule has 2 heterocycles. The molecule has 2 aromatic carbocycles. The number of halogens is 1. The van der Waals surface area contributed by atoms with E-state index in [9.17, 15) is 28.0 Å². The predicted molar refractivity (Wildman–Crippen MR) is 129 cm³/mol. The van der Waals surface area contributed by atoms with E-state index in [2.05, 4.69) is 11.2 Å². The topological polar surface area (TPSA) is 123 Å². The minimum atomic E-state index is -3.90. The number of hydrogen-bond acceptors (Lipinski definition) is 6. The standard InChI is InChI=1S/C25H25FN4O5S/c1-16(2)35-20-4-6-21(7-5-20)36(33,34)30-15-17(11-19(30)9-10-27)14-29-24-12-18(26)3-8-22(24)23(28-29)13-25(31)32/h3-8,12,14,16-17,19H,9,11,13,15H2,1-2H3/p+1/b29-14-/t17?,19-/m1/s1. The number of nitriles is 1. The van der Waals surface area contributed by atoms with Crippen molar-refractivity contribution in [2.45, 2.75) is 50.2 Å². The van der Waals surface area contributed by atoms with E-state index in [1.807, 2.05) is 13.8 Å². The molecule has 2 aromatic rings. The van der Waals surface area contributed by atoms with Crippen LogP contribution in [0.25, 0.3) is 0 Å². The lowest BCUT2D eigenvalue weighted by atomic mass is 10.0. The summed E-state index contributed by atoms with van der Waals surface area (Å²) in [5, 5.41) is 22.9. The van der Waals surface area contributed by atoms with E-state index in [1.165, 1.54) is 39.3 Å². The minimum Gasteiger partial charge on any atom is -0.491 e. The van der Waals surface area contributed by atoms with Gasteiger partial charge >= 0.3 is 5.97 Å². The van der Waals surface area contributed by atoms with Gasteiger partial charge in [0.05, 0.1) is 41.4 Å². The zero-order chi connectivity index (χ0) is 26.0. The van der Waals surface area contributed by atoms with Gasteiger partial charge in [0.15, 0.2) is 6.21 Å². The quantitative estimate of drug-likeness (QED) is 0.539. The van der Waals surface area contributed by atoms with Gasteiger partial charge in [0.2, 0.25) is 15.7 Å². The number of carbonyl (C=O) groups is 1. The van der Waals surface area contributed by atoms with Crippen LogP contribution in [0.4, 0.5) is 10.1 Å². The molecule has 2 aliphatic rings. The normalized spacial score (nSPS) is 20.9. The smallest absolute Gasteiger partial charge is 0.309 e. The third kappa shape index (κ3) is 5.29. The van der Waals surface area contributed by atoms with Gasteiger partial charge < -0.3 is 9.84 Å². The second-order valence-corrected chi connectivity index (χ2v) is 10.9. The molecule has 36 heavy (non-hydrogen) atoms. The first-order chi connectivity index (χ1) is 17.1. The molecule has 188 valence electrons. The van der Waals surface area contributed by atoms with Crippen LogP contribution in [0.2, 0.25) is 0 Å². The van der Waals surface area contributed by atoms with Crippen molar-refractivity contribution in [3.63, 3.8) is 0 Å². The molecular weight excluding hydrogens is 487 g/mol. The van der Waals surface area contributed by atoms with E-state index in [4.69, 9.17) is 4.74 Å². The van der Waals surface area contributed by atoms with Crippen LogP contribution in [0.1, 0.15) is 38.7 Å². The van der Waals surface area contributed by atoms with Crippen molar-refractivity contribution in [1.82, 2.24) is 4.31 Å². The minimum absolute atomic E-state index is 0.0108. The lowest BCUT2D eigenvalue weighted by Crippen LogP contribution is -2.35. The Bertz CT molecular complexity index is 1380. The van der Waals surface area contributed by atoms with Crippen LogP contribution in [0.3, 0.4) is 0 Å². The van der Waals surface area contributed by atoms with E-state index >= 15 is 0 Å². The van der Waals surface area contributed by atoms with Gasteiger partial charge in [-0.1, -0.05) is 4.68 Å². The average molecular weight is 514 g/mol. The third-order valence-electron chi connectivity index (χ3n) is 5.94. The van der Waals surface area contributed by atoms with Crippen LogP contribution in [-0.4, -0.2) is 59.1 Å². The van der Waals surface area contributed by atoms with Gasteiger partial charge in [0.25, 0.3) is 0 Å².